The summed E-state index contributed by atoms with van der Waals surface area (Å²) >= 11 is 0. The van der Waals surface area contributed by atoms with Crippen LogP contribution < -0.4 is 9.47 Å². The molecular weight excluding hydrogens is 450 g/mol. The zero-order valence-corrected chi connectivity index (χ0v) is 19.2. The van der Waals surface area contributed by atoms with Gasteiger partial charge in [0.25, 0.3) is 0 Å². The van der Waals surface area contributed by atoms with Gasteiger partial charge in [-0.1, -0.05) is 12.1 Å². The first-order chi connectivity index (χ1) is 15.8. The van der Waals surface area contributed by atoms with Crippen molar-refractivity contribution >= 4 is 27.9 Å². The van der Waals surface area contributed by atoms with Crippen LogP contribution in [0.3, 0.4) is 0 Å². The lowest BCUT2D eigenvalue weighted by Gasteiger charge is -2.26. The Morgan fingerprint density at radius 1 is 1.03 bits per heavy atom. The largest absolute Gasteiger partial charge is 0.497 e. The quantitative estimate of drug-likeness (QED) is 0.308. The predicted molar refractivity (Wildman–Crippen MR) is 120 cm³/mol. The molecule has 2 aromatic rings. The van der Waals surface area contributed by atoms with Crippen LogP contribution in [0.1, 0.15) is 15.9 Å². The molecule has 0 spiro atoms. The fourth-order valence-electron chi connectivity index (χ4n) is 3.14. The lowest BCUT2D eigenvalue weighted by Crippen LogP contribution is -2.40. The molecular formula is C23H25NO8S. The molecule has 176 valence electrons. The van der Waals surface area contributed by atoms with Crippen molar-refractivity contribution in [2.24, 2.45) is 0 Å². The van der Waals surface area contributed by atoms with E-state index in [1.165, 1.54) is 48.9 Å². The zero-order chi connectivity index (χ0) is 23.8. The molecule has 1 fully saturated rings. The maximum atomic E-state index is 12.6. The Balaban J connectivity index is 1.57. The maximum absolute atomic E-state index is 12.6. The maximum Gasteiger partial charge on any atom is 0.331 e. The summed E-state index contributed by atoms with van der Waals surface area (Å²) in [6.45, 7) is 0.919. The first-order valence-corrected chi connectivity index (χ1v) is 11.6. The van der Waals surface area contributed by atoms with Crippen LogP contribution in [-0.4, -0.2) is 71.6 Å². The number of nitrogens with zero attached hydrogens (tertiary/aromatic N) is 1. The van der Waals surface area contributed by atoms with Gasteiger partial charge in [-0.15, -0.1) is 0 Å². The minimum absolute atomic E-state index is 0.170. The van der Waals surface area contributed by atoms with Gasteiger partial charge in [0.05, 0.1) is 37.9 Å². The first kappa shape index (κ1) is 24.4. The molecule has 0 saturated carbocycles. The van der Waals surface area contributed by atoms with E-state index in [-0.39, 0.29) is 10.5 Å². The second-order valence-corrected chi connectivity index (χ2v) is 8.95. The Morgan fingerprint density at radius 2 is 1.73 bits per heavy atom. The molecule has 33 heavy (non-hydrogen) atoms. The third-order valence-corrected chi connectivity index (χ3v) is 6.87. The predicted octanol–water partition coefficient (Wildman–Crippen LogP) is 2.16. The van der Waals surface area contributed by atoms with Gasteiger partial charge in [0.2, 0.25) is 15.8 Å². The highest BCUT2D eigenvalue weighted by atomic mass is 32.2. The summed E-state index contributed by atoms with van der Waals surface area (Å²) in [6, 6.07) is 10.9. The van der Waals surface area contributed by atoms with Crippen LogP contribution in [0, 0.1) is 0 Å². The molecule has 0 amide bonds. The van der Waals surface area contributed by atoms with Crippen LogP contribution >= 0.6 is 0 Å². The van der Waals surface area contributed by atoms with E-state index in [4.69, 9.17) is 18.9 Å². The number of hydrogen-bond acceptors (Lipinski definition) is 8. The number of carbonyl (C=O) groups excluding carboxylic acids is 2. The molecule has 0 bridgehead atoms. The number of Topliss-reactive ketones (excluding diaryl/α,β-unsaturated/α-hetero) is 1. The van der Waals surface area contributed by atoms with E-state index >= 15 is 0 Å². The summed E-state index contributed by atoms with van der Waals surface area (Å²) in [4.78, 5) is 24.6. The van der Waals surface area contributed by atoms with Crippen LogP contribution in [0.5, 0.6) is 11.5 Å². The normalized spacial score (nSPS) is 14.7. The van der Waals surface area contributed by atoms with E-state index in [9.17, 15) is 18.0 Å². The van der Waals surface area contributed by atoms with Crippen molar-refractivity contribution in [3.8, 4) is 11.5 Å². The van der Waals surface area contributed by atoms with Crippen LogP contribution in [0.2, 0.25) is 0 Å². The molecule has 0 atom stereocenters. The molecule has 1 heterocycles. The molecule has 0 aromatic heterocycles. The number of ketones is 1. The molecule has 9 nitrogen and oxygen atoms in total. The molecule has 0 N–H and O–H groups in total. The van der Waals surface area contributed by atoms with Crippen LogP contribution in [0.4, 0.5) is 0 Å². The van der Waals surface area contributed by atoms with Gasteiger partial charge in [-0.25, -0.2) is 13.2 Å². The van der Waals surface area contributed by atoms with Gasteiger partial charge in [-0.2, -0.15) is 4.31 Å². The number of carbonyl (C=O) groups is 2. The summed E-state index contributed by atoms with van der Waals surface area (Å²) in [5.74, 6) is -0.278. The monoisotopic (exact) mass is 475 g/mol. The van der Waals surface area contributed by atoms with Crippen LogP contribution in [0.15, 0.2) is 53.4 Å². The highest BCUT2D eigenvalue weighted by Crippen LogP contribution is 2.25. The Morgan fingerprint density at radius 3 is 2.36 bits per heavy atom. The van der Waals surface area contributed by atoms with Crippen LogP contribution in [0.25, 0.3) is 6.08 Å². The van der Waals surface area contributed by atoms with E-state index in [0.29, 0.717) is 43.4 Å². The zero-order valence-electron chi connectivity index (χ0n) is 18.4. The van der Waals surface area contributed by atoms with Gasteiger partial charge in [-0.3, -0.25) is 4.79 Å². The average molecular weight is 476 g/mol. The van der Waals surface area contributed by atoms with Crippen molar-refractivity contribution < 1.29 is 37.0 Å². The Hall–Kier alpha value is -3.21. The van der Waals surface area contributed by atoms with E-state index in [1.807, 2.05) is 0 Å². The smallest absolute Gasteiger partial charge is 0.331 e. The summed E-state index contributed by atoms with van der Waals surface area (Å²) < 4.78 is 47.2. The Bertz CT molecular complexity index is 1120. The molecule has 0 aliphatic carbocycles. The van der Waals surface area contributed by atoms with Crippen molar-refractivity contribution in [3.63, 3.8) is 0 Å². The molecule has 1 saturated heterocycles. The van der Waals surface area contributed by atoms with E-state index in [0.717, 1.165) is 0 Å². The second-order valence-electron chi connectivity index (χ2n) is 7.02. The van der Waals surface area contributed by atoms with E-state index in [1.54, 1.807) is 24.3 Å². The number of morpholine rings is 1. The lowest BCUT2D eigenvalue weighted by atomic mass is 10.1. The molecule has 2 aromatic carbocycles. The van der Waals surface area contributed by atoms with Gasteiger partial charge in [-0.05, 0) is 35.9 Å². The summed E-state index contributed by atoms with van der Waals surface area (Å²) in [5, 5.41) is 0. The minimum atomic E-state index is -3.58. The van der Waals surface area contributed by atoms with Gasteiger partial charge in [0.15, 0.2) is 6.61 Å². The molecule has 10 heteroatoms. The molecule has 0 radical (unpaired) electrons. The number of rotatable bonds is 9. The van der Waals surface area contributed by atoms with Crippen molar-refractivity contribution in [1.82, 2.24) is 4.31 Å². The lowest BCUT2D eigenvalue weighted by molar-refractivity contribution is -0.136. The number of hydrogen-bond donors (Lipinski definition) is 0. The SMILES string of the molecule is COc1ccc(C(=O)COC(=O)C=Cc2ccc(S(=O)(=O)N3CCOCC3)cc2)c(OC)c1. The Kier molecular flexibility index (Phi) is 8.21. The van der Waals surface area contributed by atoms with Crippen molar-refractivity contribution in [2.45, 2.75) is 4.90 Å². The van der Waals surface area contributed by atoms with Crippen molar-refractivity contribution in [3.05, 3.63) is 59.7 Å². The molecule has 0 unspecified atom stereocenters. The topological polar surface area (TPSA) is 108 Å². The molecule has 1 aliphatic rings. The van der Waals surface area contributed by atoms with E-state index in [2.05, 4.69) is 0 Å². The third kappa shape index (κ3) is 6.19. The fraction of sp³-hybridized carbons (Fsp3) is 0.304. The van der Waals surface area contributed by atoms with E-state index < -0.39 is 28.4 Å². The van der Waals surface area contributed by atoms with Gasteiger partial charge < -0.3 is 18.9 Å². The standard InChI is InChI=1S/C23H25NO8S/c1-29-18-6-9-20(22(15-18)30-2)21(25)16-32-23(26)10-5-17-3-7-19(8-4-17)33(27,28)24-11-13-31-14-12-24/h3-10,15H,11-14,16H2,1-2H3. The minimum Gasteiger partial charge on any atom is -0.497 e. The van der Waals surface area contributed by atoms with Gasteiger partial charge in [0.1, 0.15) is 11.5 Å². The molecule has 1 aliphatic heterocycles. The summed E-state index contributed by atoms with van der Waals surface area (Å²) in [7, 11) is -0.654. The van der Waals surface area contributed by atoms with Gasteiger partial charge in [0, 0.05) is 25.2 Å². The van der Waals surface area contributed by atoms with Gasteiger partial charge >= 0.3 is 5.97 Å². The second kappa shape index (κ2) is 11.1. The number of benzene rings is 2. The number of methoxy groups -OCH3 is 2. The van der Waals surface area contributed by atoms with Crippen molar-refractivity contribution in [1.29, 1.82) is 0 Å². The third-order valence-electron chi connectivity index (χ3n) is 4.95. The first-order valence-electron chi connectivity index (χ1n) is 10.1. The summed E-state index contributed by atoms with van der Waals surface area (Å²) in [6.07, 6.45) is 2.65. The molecule has 3 rings (SSSR count). The van der Waals surface area contributed by atoms with Crippen molar-refractivity contribution in [2.75, 3.05) is 47.1 Å². The van der Waals surface area contributed by atoms with Crippen LogP contribution in [-0.2, 0) is 24.3 Å². The number of esters is 1. The Labute approximate surface area is 192 Å². The summed E-state index contributed by atoms with van der Waals surface area (Å²) in [5.41, 5.74) is 0.878. The fourth-order valence-corrected chi connectivity index (χ4v) is 4.55. The highest BCUT2D eigenvalue weighted by Gasteiger charge is 2.26. The number of ether oxygens (including phenoxy) is 4. The highest BCUT2D eigenvalue weighted by molar-refractivity contribution is 7.89. The number of sulfonamides is 1. The average Bonchev–Trinajstić information content (AvgIpc) is 2.86.